The molecule has 1 saturated carbocycles. The number of nitrogens with zero attached hydrogens (tertiary/aromatic N) is 1. The van der Waals surface area contributed by atoms with Gasteiger partial charge in [0.2, 0.25) is 16.8 Å². The fraction of sp³-hybridized carbons (Fsp3) is 0.478. The third-order valence-electron chi connectivity index (χ3n) is 6.99. The molecule has 2 fully saturated rings. The van der Waals surface area contributed by atoms with Crippen LogP contribution in [0.1, 0.15) is 24.5 Å². The van der Waals surface area contributed by atoms with Crippen LogP contribution < -0.4 is 14.2 Å². The molecule has 0 aromatic heterocycles. The summed E-state index contributed by atoms with van der Waals surface area (Å²) in [6.45, 7) is 5.98. The van der Waals surface area contributed by atoms with E-state index in [1.807, 2.05) is 24.3 Å². The molecule has 1 aliphatic carbocycles. The van der Waals surface area contributed by atoms with Crippen LogP contribution in [0.3, 0.4) is 0 Å². The van der Waals surface area contributed by atoms with Crippen molar-refractivity contribution in [1.82, 2.24) is 4.90 Å². The molecule has 30 heavy (non-hydrogen) atoms. The SMILES string of the molecule is CC1(c2cccc(NS(C)(=O)=O)c2)C2CN(CCCc3ccc4c(c3)OCO4)CC21. The molecule has 160 valence electrons. The number of hydrogen-bond donors (Lipinski definition) is 1. The number of nitrogens with one attached hydrogen (secondary N) is 1. The van der Waals surface area contributed by atoms with Crippen LogP contribution in [0.5, 0.6) is 11.5 Å². The summed E-state index contributed by atoms with van der Waals surface area (Å²) in [5.41, 5.74) is 3.35. The molecule has 2 aliphatic heterocycles. The number of fused-ring (bicyclic) bond motifs is 2. The average molecular weight is 429 g/mol. The minimum absolute atomic E-state index is 0.156. The number of hydrogen-bond acceptors (Lipinski definition) is 5. The molecule has 2 aromatic rings. The number of aryl methyl sites for hydroxylation is 1. The predicted molar refractivity (Wildman–Crippen MR) is 117 cm³/mol. The first-order valence-corrected chi connectivity index (χ1v) is 12.4. The van der Waals surface area contributed by atoms with Crippen molar-refractivity contribution in [3.05, 3.63) is 53.6 Å². The quantitative estimate of drug-likeness (QED) is 0.733. The van der Waals surface area contributed by atoms with E-state index in [0.717, 1.165) is 44.0 Å². The molecule has 3 aliphatic rings. The number of sulfonamides is 1. The smallest absolute Gasteiger partial charge is 0.231 e. The van der Waals surface area contributed by atoms with Crippen LogP contribution in [0, 0.1) is 11.8 Å². The second-order valence-corrected chi connectivity index (χ2v) is 10.7. The van der Waals surface area contributed by atoms with E-state index in [2.05, 4.69) is 34.7 Å². The summed E-state index contributed by atoms with van der Waals surface area (Å²) in [5, 5.41) is 0. The number of likely N-dealkylation sites (tertiary alicyclic amines) is 1. The highest BCUT2D eigenvalue weighted by atomic mass is 32.2. The molecule has 0 spiro atoms. The van der Waals surface area contributed by atoms with Crippen molar-refractivity contribution in [3.63, 3.8) is 0 Å². The second-order valence-electron chi connectivity index (χ2n) is 9.00. The van der Waals surface area contributed by atoms with Gasteiger partial charge >= 0.3 is 0 Å². The lowest BCUT2D eigenvalue weighted by Gasteiger charge is -2.24. The van der Waals surface area contributed by atoms with Gasteiger partial charge in [0.1, 0.15) is 0 Å². The molecule has 0 bridgehead atoms. The Balaban J connectivity index is 1.15. The third kappa shape index (κ3) is 3.65. The largest absolute Gasteiger partial charge is 0.454 e. The minimum atomic E-state index is -3.26. The van der Waals surface area contributed by atoms with E-state index in [4.69, 9.17) is 9.47 Å². The molecule has 2 unspecified atom stereocenters. The molecule has 1 saturated heterocycles. The van der Waals surface area contributed by atoms with Gasteiger partial charge in [-0.3, -0.25) is 4.72 Å². The van der Waals surface area contributed by atoms with E-state index < -0.39 is 10.0 Å². The van der Waals surface area contributed by atoms with Crippen molar-refractivity contribution in [3.8, 4) is 11.5 Å². The van der Waals surface area contributed by atoms with Crippen LogP contribution in [0.15, 0.2) is 42.5 Å². The van der Waals surface area contributed by atoms with Gasteiger partial charge in [0.15, 0.2) is 11.5 Å². The Bertz CT molecular complexity index is 1060. The zero-order valence-corrected chi connectivity index (χ0v) is 18.2. The summed E-state index contributed by atoms with van der Waals surface area (Å²) < 4.78 is 36.5. The van der Waals surface area contributed by atoms with Crippen LogP contribution in [0.25, 0.3) is 0 Å². The average Bonchev–Trinajstić information content (AvgIpc) is 3.10. The van der Waals surface area contributed by atoms with Crippen molar-refractivity contribution in [2.45, 2.75) is 25.2 Å². The lowest BCUT2D eigenvalue weighted by molar-refractivity contribution is 0.174. The van der Waals surface area contributed by atoms with Crippen molar-refractivity contribution >= 4 is 15.7 Å². The molecular weight excluding hydrogens is 400 g/mol. The number of anilines is 1. The fourth-order valence-electron chi connectivity index (χ4n) is 5.31. The van der Waals surface area contributed by atoms with Gasteiger partial charge in [-0.2, -0.15) is 0 Å². The number of ether oxygens (including phenoxy) is 2. The van der Waals surface area contributed by atoms with Gasteiger partial charge < -0.3 is 14.4 Å². The standard InChI is InChI=1S/C23H28N2O4S/c1-23(17-6-3-7-18(12-17)24-30(2,26)27)19-13-25(14-20(19)23)10-4-5-16-8-9-21-22(11-16)29-15-28-21/h3,6-9,11-12,19-20,24H,4-5,10,13-15H2,1-2H3. The van der Waals surface area contributed by atoms with Gasteiger partial charge in [-0.05, 0) is 66.6 Å². The summed E-state index contributed by atoms with van der Waals surface area (Å²) in [6, 6.07) is 14.1. The summed E-state index contributed by atoms with van der Waals surface area (Å²) >= 11 is 0. The lowest BCUT2D eigenvalue weighted by Crippen LogP contribution is -2.30. The summed E-state index contributed by atoms with van der Waals surface area (Å²) in [5.74, 6) is 3.00. The zero-order valence-electron chi connectivity index (χ0n) is 17.4. The summed E-state index contributed by atoms with van der Waals surface area (Å²) in [7, 11) is -3.26. The third-order valence-corrected chi connectivity index (χ3v) is 7.60. The van der Waals surface area contributed by atoms with Gasteiger partial charge in [-0.25, -0.2) is 8.42 Å². The second kappa shape index (κ2) is 7.17. The molecule has 0 amide bonds. The molecule has 6 nitrogen and oxygen atoms in total. The monoisotopic (exact) mass is 428 g/mol. The van der Waals surface area contributed by atoms with Crippen LogP contribution in [0.2, 0.25) is 0 Å². The maximum absolute atomic E-state index is 11.5. The van der Waals surface area contributed by atoms with Crippen LogP contribution >= 0.6 is 0 Å². The summed E-state index contributed by atoms with van der Waals surface area (Å²) in [6.07, 6.45) is 3.36. The molecule has 1 N–H and O–H groups in total. The highest BCUT2D eigenvalue weighted by molar-refractivity contribution is 7.92. The Kier molecular flexibility index (Phi) is 4.71. The van der Waals surface area contributed by atoms with Crippen molar-refractivity contribution < 1.29 is 17.9 Å². The topological polar surface area (TPSA) is 67.9 Å². The van der Waals surface area contributed by atoms with Gasteiger partial charge in [-0.15, -0.1) is 0 Å². The molecular formula is C23H28N2O4S. The van der Waals surface area contributed by atoms with E-state index in [-0.39, 0.29) is 5.41 Å². The Morgan fingerprint density at radius 2 is 1.87 bits per heavy atom. The normalized spacial score (nSPS) is 27.1. The zero-order chi connectivity index (χ0) is 20.9. The highest BCUT2D eigenvalue weighted by Crippen LogP contribution is 2.63. The van der Waals surface area contributed by atoms with E-state index in [1.54, 1.807) is 0 Å². The highest BCUT2D eigenvalue weighted by Gasteiger charge is 2.65. The number of piperidine rings is 1. The molecule has 5 rings (SSSR count). The van der Waals surface area contributed by atoms with Gasteiger partial charge in [0.25, 0.3) is 0 Å². The van der Waals surface area contributed by atoms with Gasteiger partial charge in [-0.1, -0.05) is 25.1 Å². The van der Waals surface area contributed by atoms with Crippen molar-refractivity contribution in [2.24, 2.45) is 11.8 Å². The number of rotatable bonds is 7. The Morgan fingerprint density at radius 1 is 1.10 bits per heavy atom. The van der Waals surface area contributed by atoms with E-state index in [0.29, 0.717) is 24.3 Å². The molecule has 2 aromatic carbocycles. The maximum Gasteiger partial charge on any atom is 0.231 e. The van der Waals surface area contributed by atoms with Crippen molar-refractivity contribution in [2.75, 3.05) is 37.4 Å². The number of benzene rings is 2. The molecule has 2 heterocycles. The first kappa shape index (κ1) is 19.7. The Hall–Kier alpha value is -2.25. The van der Waals surface area contributed by atoms with E-state index >= 15 is 0 Å². The van der Waals surface area contributed by atoms with Gasteiger partial charge in [0, 0.05) is 24.2 Å². The predicted octanol–water partition coefficient (Wildman–Crippen LogP) is 3.24. The minimum Gasteiger partial charge on any atom is -0.454 e. The van der Waals surface area contributed by atoms with E-state index in [9.17, 15) is 8.42 Å². The molecule has 2 atom stereocenters. The maximum atomic E-state index is 11.5. The van der Waals surface area contributed by atoms with Gasteiger partial charge in [0.05, 0.1) is 6.26 Å². The Labute approximate surface area is 178 Å². The van der Waals surface area contributed by atoms with Crippen molar-refractivity contribution in [1.29, 1.82) is 0 Å². The van der Waals surface area contributed by atoms with Crippen LogP contribution in [-0.2, 0) is 21.9 Å². The van der Waals surface area contributed by atoms with E-state index in [1.165, 1.54) is 17.4 Å². The van der Waals surface area contributed by atoms with Crippen LogP contribution in [-0.4, -0.2) is 46.0 Å². The summed E-state index contributed by atoms with van der Waals surface area (Å²) in [4.78, 5) is 2.57. The Morgan fingerprint density at radius 3 is 2.63 bits per heavy atom. The molecule has 0 radical (unpaired) electrons. The first-order valence-electron chi connectivity index (χ1n) is 10.5. The van der Waals surface area contributed by atoms with Crippen LogP contribution in [0.4, 0.5) is 5.69 Å². The first-order chi connectivity index (χ1) is 14.3. The lowest BCUT2D eigenvalue weighted by atomic mass is 9.92. The molecule has 7 heteroatoms. The fourth-order valence-corrected chi connectivity index (χ4v) is 5.86.